The summed E-state index contributed by atoms with van der Waals surface area (Å²) in [6, 6.07) is 0. The first kappa shape index (κ1) is 74.9. The highest BCUT2D eigenvalue weighted by atomic mass is 16.8. The van der Waals surface area contributed by atoms with Crippen molar-refractivity contribution in [3.63, 3.8) is 0 Å². The molecule has 6 aliphatic heterocycles. The number of ether oxygens (including phenoxy) is 9. The Hall–Kier alpha value is -1.32. The predicted molar refractivity (Wildman–Crippen MR) is 268 cm³/mol. The molecular weight excluding hydrogens is 1120 g/mol. The summed E-state index contributed by atoms with van der Waals surface area (Å²) >= 11 is 0. The summed E-state index contributed by atoms with van der Waals surface area (Å²) in [5.41, 5.74) is -17.1. The molecule has 0 radical (unpaired) electrons. The van der Waals surface area contributed by atoms with Crippen LogP contribution < -0.4 is 0 Å². The van der Waals surface area contributed by atoms with E-state index in [1.54, 1.807) is 0 Å². The van der Waals surface area contributed by atoms with E-state index >= 15 is 0 Å². The Morgan fingerprint density at radius 2 is 0.841 bits per heavy atom. The first-order chi connectivity index (χ1) is 36.9. The summed E-state index contributed by atoms with van der Waals surface area (Å²) < 4.78 is 48.4. The standard InChI is InChI=1S/C24H46O11.2C12H22O11.CH4/c1-15(16(2,11-25)35-24(10,32)23(9,31)19(15,5)27)13-33-14-18(4)21(7,29)22(8,30)20(6,28)17(3,12-26)34-18;13-1-4-6(16)8(18)9(19)11(21-4)23-12(3-15)10(20)7(17)5(2-14)22-12;13-1-3-5(15)6(16)9(19)12(22-3)23-10-4(2-14)21-11(20)8(18)7(10)17;/h25-32H,11-14H2,1-10H3;4-11,13-20H,1-3H2;3-20H,1-2H2;1H4/t;;3?,4?,5-,6+,7-,8?,9?,10-,11-,12-;/m..1./s1. The van der Waals surface area contributed by atoms with E-state index in [9.17, 15) is 107 Å². The van der Waals surface area contributed by atoms with Gasteiger partial charge in [0.2, 0.25) is 5.79 Å². The van der Waals surface area contributed by atoms with Gasteiger partial charge < -0.3 is 165 Å². The van der Waals surface area contributed by atoms with Crippen LogP contribution >= 0.6 is 0 Å². The van der Waals surface area contributed by atoms with Gasteiger partial charge in [0.1, 0.15) is 143 Å². The van der Waals surface area contributed by atoms with Crippen LogP contribution in [0.2, 0.25) is 0 Å². The Bertz CT molecular complexity index is 2010. The number of hydrogen-bond donors (Lipinski definition) is 24. The van der Waals surface area contributed by atoms with Crippen LogP contribution in [0.25, 0.3) is 0 Å². The van der Waals surface area contributed by atoms with Gasteiger partial charge in [0.05, 0.1) is 58.3 Å². The van der Waals surface area contributed by atoms with Crippen molar-refractivity contribution in [2.45, 2.75) is 243 Å². The van der Waals surface area contributed by atoms with Crippen molar-refractivity contribution in [2.24, 2.45) is 5.41 Å². The van der Waals surface area contributed by atoms with Gasteiger partial charge in [-0.1, -0.05) is 14.4 Å². The Morgan fingerprint density at radius 1 is 0.390 bits per heavy atom. The molecule has 0 aromatic rings. The molecule has 0 saturated carbocycles. The molecule has 29 atom stereocenters. The molecule has 0 bridgehead atoms. The van der Waals surface area contributed by atoms with Crippen molar-refractivity contribution in [1.82, 2.24) is 0 Å². The third kappa shape index (κ3) is 12.4. The molecule has 6 rings (SSSR count). The first-order valence-electron chi connectivity index (χ1n) is 25.9. The first-order valence-corrected chi connectivity index (χ1v) is 25.9. The summed E-state index contributed by atoms with van der Waals surface area (Å²) in [4.78, 5) is 0. The third-order valence-corrected chi connectivity index (χ3v) is 18.3. The zero-order valence-electron chi connectivity index (χ0n) is 46.7. The van der Waals surface area contributed by atoms with Crippen molar-refractivity contribution in [1.29, 1.82) is 0 Å². The molecule has 0 amide bonds. The van der Waals surface area contributed by atoms with Crippen LogP contribution in [0.15, 0.2) is 0 Å². The van der Waals surface area contributed by atoms with Gasteiger partial charge in [0.15, 0.2) is 24.7 Å². The van der Waals surface area contributed by atoms with Crippen LogP contribution in [0.1, 0.15) is 76.7 Å². The predicted octanol–water partition coefficient (Wildman–Crippen LogP) is -11.4. The topological polar surface area (TPSA) is 569 Å². The van der Waals surface area contributed by atoms with Crippen molar-refractivity contribution in [3.8, 4) is 0 Å². The van der Waals surface area contributed by atoms with E-state index in [0.717, 1.165) is 0 Å². The van der Waals surface area contributed by atoms with Crippen LogP contribution in [0.3, 0.4) is 0 Å². The molecule has 33 heteroatoms. The molecule has 488 valence electrons. The van der Waals surface area contributed by atoms with E-state index in [0.29, 0.717) is 0 Å². The molecule has 0 aliphatic carbocycles. The molecule has 24 N–H and O–H groups in total. The van der Waals surface area contributed by atoms with Crippen LogP contribution in [-0.2, 0) is 42.6 Å². The fourth-order valence-corrected chi connectivity index (χ4v) is 10.9. The molecule has 0 aromatic carbocycles. The highest BCUT2D eigenvalue weighted by Gasteiger charge is 2.76. The minimum Gasteiger partial charge on any atom is -0.394 e. The van der Waals surface area contributed by atoms with Crippen molar-refractivity contribution >= 4 is 0 Å². The fourth-order valence-electron chi connectivity index (χ4n) is 10.9. The summed E-state index contributed by atoms with van der Waals surface area (Å²) in [5.74, 6) is -4.44. The maximum atomic E-state index is 11.5. The van der Waals surface area contributed by atoms with E-state index < -0.39 is 225 Å². The maximum absolute atomic E-state index is 11.5. The zero-order valence-corrected chi connectivity index (χ0v) is 46.7. The summed E-state index contributed by atoms with van der Waals surface area (Å²) in [6.45, 7) is 7.60. The lowest BCUT2D eigenvalue weighted by atomic mass is 9.54. The second-order valence-electron chi connectivity index (χ2n) is 23.5. The fraction of sp³-hybridized carbons (Fsp3) is 1.00. The molecule has 6 saturated heterocycles. The maximum Gasteiger partial charge on any atom is 0.224 e. The van der Waals surface area contributed by atoms with Gasteiger partial charge in [-0.3, -0.25) is 0 Å². The van der Waals surface area contributed by atoms with Crippen molar-refractivity contribution < 1.29 is 165 Å². The van der Waals surface area contributed by atoms with Gasteiger partial charge >= 0.3 is 0 Å². The molecular formula is C49H94O33. The minimum absolute atomic E-state index is 0. The number of hydrogen-bond acceptors (Lipinski definition) is 33. The van der Waals surface area contributed by atoms with E-state index in [-0.39, 0.29) is 14.0 Å². The van der Waals surface area contributed by atoms with Crippen molar-refractivity contribution in [2.75, 3.05) is 59.5 Å². The number of aliphatic hydroxyl groups excluding tert-OH is 18. The van der Waals surface area contributed by atoms with E-state index in [1.807, 2.05) is 0 Å². The van der Waals surface area contributed by atoms with Gasteiger partial charge in [0, 0.05) is 0 Å². The number of aliphatic hydroxyl groups is 24. The normalized spacial score (nSPS) is 54.2. The van der Waals surface area contributed by atoms with Gasteiger partial charge in [-0.15, -0.1) is 0 Å². The molecule has 0 aromatic heterocycles. The van der Waals surface area contributed by atoms with Gasteiger partial charge in [-0.05, 0) is 62.3 Å². The third-order valence-electron chi connectivity index (χ3n) is 18.3. The summed E-state index contributed by atoms with van der Waals surface area (Å²) in [7, 11) is 0. The number of rotatable bonds is 15. The van der Waals surface area contributed by atoms with Crippen LogP contribution in [0, 0.1) is 5.41 Å². The molecule has 6 fully saturated rings. The zero-order chi connectivity index (χ0) is 62.6. The SMILES string of the molecule is C.CC1(O)OC(C)(CO)C(C)(COCC2(C)OC(C)(CO)C(C)(O)C(C)(O)C2(C)O)C(C)(O)C1(C)O.OCC1OC(OC2(CO)OC(CO)C(O)C2O)C(O)C(O)C1O.OCC1O[C@H](O[C@@H]2C(CO)O[C@@H](O)C(O)[C@H]2O)C(O)[C@@H](O)[C@@H]1O. The average Bonchev–Trinajstić information content (AvgIpc) is 3.83. The second-order valence-corrected chi connectivity index (χ2v) is 23.5. The lowest BCUT2D eigenvalue weighted by Crippen LogP contribution is -2.85. The van der Waals surface area contributed by atoms with Gasteiger partial charge in [-0.2, -0.15) is 0 Å². The van der Waals surface area contributed by atoms with Gasteiger partial charge in [0.25, 0.3) is 0 Å². The Labute approximate surface area is 472 Å². The average molecular weight is 1210 g/mol. The van der Waals surface area contributed by atoms with E-state index in [1.165, 1.54) is 69.2 Å². The minimum atomic E-state index is -2.22. The molecule has 6 aliphatic rings. The lowest BCUT2D eigenvalue weighted by Gasteiger charge is -2.67. The highest BCUT2D eigenvalue weighted by molar-refractivity contribution is 5.24. The van der Waals surface area contributed by atoms with E-state index in [2.05, 4.69) is 0 Å². The Morgan fingerprint density at radius 3 is 1.28 bits per heavy atom. The molecule has 82 heavy (non-hydrogen) atoms. The molecule has 6 heterocycles. The summed E-state index contributed by atoms with van der Waals surface area (Å²) in [6.07, 6.45) is -28.2. The summed E-state index contributed by atoms with van der Waals surface area (Å²) in [5, 5.41) is 240. The van der Waals surface area contributed by atoms with Crippen LogP contribution in [0.5, 0.6) is 0 Å². The Balaban J connectivity index is 0.000000332. The Kier molecular flexibility index (Phi) is 24.1. The highest BCUT2D eigenvalue weighted by Crippen LogP contribution is 2.58. The van der Waals surface area contributed by atoms with Crippen LogP contribution in [-0.4, -0.2) is 349 Å². The van der Waals surface area contributed by atoms with Crippen LogP contribution in [0.4, 0.5) is 0 Å². The van der Waals surface area contributed by atoms with Gasteiger partial charge in [-0.25, -0.2) is 0 Å². The largest absolute Gasteiger partial charge is 0.394 e. The smallest absolute Gasteiger partial charge is 0.224 e. The second kappa shape index (κ2) is 26.4. The van der Waals surface area contributed by atoms with E-state index in [4.69, 9.17) is 58.0 Å². The van der Waals surface area contributed by atoms with Crippen molar-refractivity contribution in [3.05, 3.63) is 0 Å². The monoisotopic (exact) mass is 1210 g/mol. The molecule has 0 spiro atoms. The molecule has 33 nitrogen and oxygen atoms in total. The lowest BCUT2D eigenvalue weighted by molar-refractivity contribution is -0.446. The quantitative estimate of drug-likeness (QED) is 0.0724. The molecule has 23 unspecified atom stereocenters.